The molecular weight excluding hydrogens is 264 g/mol. The lowest BCUT2D eigenvalue weighted by Gasteiger charge is -2.31. The summed E-state index contributed by atoms with van der Waals surface area (Å²) in [5.74, 6) is 0.102. The summed E-state index contributed by atoms with van der Waals surface area (Å²) in [5.41, 5.74) is 7.16. The fourth-order valence-electron chi connectivity index (χ4n) is 3.46. The van der Waals surface area contributed by atoms with Crippen LogP contribution in [0.4, 0.5) is 5.69 Å². The molecule has 0 bridgehead atoms. The highest BCUT2D eigenvalue weighted by Gasteiger charge is 2.30. The second-order valence-corrected chi connectivity index (χ2v) is 6.16. The molecule has 0 unspecified atom stereocenters. The number of amides is 1. The largest absolute Gasteiger partial charge is 0.399 e. The van der Waals surface area contributed by atoms with E-state index < -0.39 is 0 Å². The fraction of sp³-hybridized carbons (Fsp3) is 0.588. The highest BCUT2D eigenvalue weighted by molar-refractivity contribution is 5.95. The van der Waals surface area contributed by atoms with Crippen LogP contribution in [0.5, 0.6) is 0 Å². The molecule has 4 nitrogen and oxygen atoms in total. The number of hydrogen-bond acceptors (Lipinski definition) is 3. The van der Waals surface area contributed by atoms with Crippen LogP contribution >= 0.6 is 0 Å². The van der Waals surface area contributed by atoms with E-state index in [1.165, 1.54) is 12.8 Å². The van der Waals surface area contributed by atoms with E-state index in [2.05, 4.69) is 0 Å². The molecule has 0 radical (unpaired) electrons. The molecule has 1 aliphatic heterocycles. The van der Waals surface area contributed by atoms with Crippen LogP contribution in [0, 0.1) is 0 Å². The van der Waals surface area contributed by atoms with Gasteiger partial charge in [0.1, 0.15) is 0 Å². The van der Waals surface area contributed by atoms with Crippen molar-refractivity contribution in [3.05, 3.63) is 29.8 Å². The van der Waals surface area contributed by atoms with Gasteiger partial charge >= 0.3 is 0 Å². The molecule has 114 valence electrons. The van der Waals surface area contributed by atoms with Gasteiger partial charge in [-0.05, 0) is 43.9 Å². The smallest absolute Gasteiger partial charge is 0.254 e. The number of rotatable bonds is 4. The van der Waals surface area contributed by atoms with Gasteiger partial charge in [-0.25, -0.2) is 0 Å². The summed E-state index contributed by atoms with van der Waals surface area (Å²) in [4.78, 5) is 14.9. The van der Waals surface area contributed by atoms with Crippen molar-refractivity contribution in [3.8, 4) is 0 Å². The number of anilines is 1. The van der Waals surface area contributed by atoms with Crippen molar-refractivity contribution in [2.24, 2.45) is 0 Å². The second-order valence-electron chi connectivity index (χ2n) is 6.16. The van der Waals surface area contributed by atoms with Gasteiger partial charge < -0.3 is 15.4 Å². The molecule has 2 aliphatic rings. The van der Waals surface area contributed by atoms with Gasteiger partial charge in [-0.2, -0.15) is 0 Å². The Morgan fingerprint density at radius 3 is 2.71 bits per heavy atom. The van der Waals surface area contributed by atoms with Gasteiger partial charge in [0.15, 0.2) is 0 Å². The normalized spacial score (nSPS) is 22.6. The van der Waals surface area contributed by atoms with Gasteiger partial charge in [-0.15, -0.1) is 0 Å². The minimum Gasteiger partial charge on any atom is -0.399 e. The molecule has 1 aromatic rings. The molecule has 3 rings (SSSR count). The Bertz CT molecular complexity index is 491. The Labute approximate surface area is 126 Å². The van der Waals surface area contributed by atoms with Crippen molar-refractivity contribution in [2.75, 3.05) is 18.9 Å². The monoisotopic (exact) mass is 288 g/mol. The van der Waals surface area contributed by atoms with E-state index >= 15 is 0 Å². The maximum Gasteiger partial charge on any atom is 0.254 e. The van der Waals surface area contributed by atoms with Crippen molar-refractivity contribution in [2.45, 2.75) is 50.7 Å². The number of nitrogens with zero attached hydrogens (tertiary/aromatic N) is 1. The van der Waals surface area contributed by atoms with Crippen LogP contribution in [-0.2, 0) is 4.74 Å². The zero-order valence-electron chi connectivity index (χ0n) is 12.5. The standard InChI is InChI=1S/C17H24N2O2/c18-14-6-3-5-13(11-14)17(20)19(15-7-1-2-8-15)12-16-9-4-10-21-16/h3,5-6,11,15-16H,1-2,4,7-10,12,18H2/t16-/m0/s1. The SMILES string of the molecule is Nc1cccc(C(=O)N(C[C@@H]2CCCO2)C2CCCC2)c1. The maximum atomic E-state index is 12.9. The van der Waals surface area contributed by atoms with Crippen LogP contribution in [0.15, 0.2) is 24.3 Å². The Kier molecular flexibility index (Phi) is 4.44. The third-order valence-electron chi connectivity index (χ3n) is 4.58. The summed E-state index contributed by atoms with van der Waals surface area (Å²) in [7, 11) is 0. The van der Waals surface area contributed by atoms with E-state index in [0.717, 1.165) is 38.8 Å². The van der Waals surface area contributed by atoms with Gasteiger partial charge in [-0.1, -0.05) is 18.9 Å². The molecule has 1 aromatic carbocycles. The molecular formula is C17H24N2O2. The molecule has 1 saturated carbocycles. The maximum absolute atomic E-state index is 12.9. The van der Waals surface area contributed by atoms with Crippen LogP contribution in [0.25, 0.3) is 0 Å². The fourth-order valence-corrected chi connectivity index (χ4v) is 3.46. The zero-order chi connectivity index (χ0) is 14.7. The summed E-state index contributed by atoms with van der Waals surface area (Å²) in [6.45, 7) is 1.55. The van der Waals surface area contributed by atoms with Crippen molar-refractivity contribution in [1.82, 2.24) is 4.90 Å². The Balaban J connectivity index is 1.77. The van der Waals surface area contributed by atoms with Crippen molar-refractivity contribution < 1.29 is 9.53 Å². The highest BCUT2D eigenvalue weighted by Crippen LogP contribution is 2.27. The average molecular weight is 288 g/mol. The van der Waals surface area contributed by atoms with Crippen LogP contribution in [0.1, 0.15) is 48.9 Å². The Morgan fingerprint density at radius 2 is 2.05 bits per heavy atom. The summed E-state index contributed by atoms with van der Waals surface area (Å²) < 4.78 is 5.73. The highest BCUT2D eigenvalue weighted by atomic mass is 16.5. The molecule has 1 heterocycles. The van der Waals surface area contributed by atoms with E-state index in [0.29, 0.717) is 17.3 Å². The average Bonchev–Trinajstić information content (AvgIpc) is 3.17. The second kappa shape index (κ2) is 6.48. The summed E-state index contributed by atoms with van der Waals surface area (Å²) in [6.07, 6.45) is 7.04. The van der Waals surface area contributed by atoms with Crippen molar-refractivity contribution >= 4 is 11.6 Å². The lowest BCUT2D eigenvalue weighted by molar-refractivity contribution is 0.0421. The number of hydrogen-bond donors (Lipinski definition) is 1. The molecule has 0 aromatic heterocycles. The molecule has 21 heavy (non-hydrogen) atoms. The Morgan fingerprint density at radius 1 is 1.24 bits per heavy atom. The van der Waals surface area contributed by atoms with Gasteiger partial charge in [0.25, 0.3) is 5.91 Å². The van der Waals surface area contributed by atoms with Crippen LogP contribution in [-0.4, -0.2) is 36.1 Å². The van der Waals surface area contributed by atoms with E-state index in [1.54, 1.807) is 6.07 Å². The zero-order valence-corrected chi connectivity index (χ0v) is 12.5. The van der Waals surface area contributed by atoms with Crippen LogP contribution in [0.3, 0.4) is 0 Å². The number of nitrogen functional groups attached to an aromatic ring is 1. The quantitative estimate of drug-likeness (QED) is 0.867. The molecule has 1 amide bonds. The van der Waals surface area contributed by atoms with Gasteiger partial charge in [0.2, 0.25) is 0 Å². The first-order chi connectivity index (χ1) is 10.2. The number of benzene rings is 1. The predicted molar refractivity (Wildman–Crippen MR) is 83.1 cm³/mol. The Hall–Kier alpha value is -1.55. The minimum absolute atomic E-state index is 0.102. The van der Waals surface area contributed by atoms with Crippen LogP contribution < -0.4 is 5.73 Å². The number of carbonyl (C=O) groups excluding carboxylic acids is 1. The minimum atomic E-state index is 0.102. The summed E-state index contributed by atoms with van der Waals surface area (Å²) >= 11 is 0. The topological polar surface area (TPSA) is 55.6 Å². The van der Waals surface area contributed by atoms with E-state index in [-0.39, 0.29) is 12.0 Å². The molecule has 2 fully saturated rings. The third-order valence-corrected chi connectivity index (χ3v) is 4.58. The first-order valence-electron chi connectivity index (χ1n) is 8.02. The predicted octanol–water partition coefficient (Wildman–Crippen LogP) is 2.83. The summed E-state index contributed by atoms with van der Waals surface area (Å²) in [6, 6.07) is 7.66. The van der Waals surface area contributed by atoms with Gasteiger partial charge in [-0.3, -0.25) is 4.79 Å². The lowest BCUT2D eigenvalue weighted by atomic mass is 10.1. The molecule has 0 spiro atoms. The van der Waals surface area contributed by atoms with Crippen molar-refractivity contribution in [3.63, 3.8) is 0 Å². The number of ether oxygens (including phenoxy) is 1. The number of carbonyl (C=O) groups is 1. The molecule has 1 saturated heterocycles. The van der Waals surface area contributed by atoms with E-state index in [4.69, 9.17) is 10.5 Å². The summed E-state index contributed by atoms with van der Waals surface area (Å²) in [5, 5.41) is 0. The molecule has 1 aliphatic carbocycles. The molecule has 4 heteroatoms. The van der Waals surface area contributed by atoms with Gasteiger partial charge in [0.05, 0.1) is 6.10 Å². The lowest BCUT2D eigenvalue weighted by Crippen LogP contribution is -2.43. The first kappa shape index (κ1) is 14.4. The third kappa shape index (κ3) is 3.38. The first-order valence-corrected chi connectivity index (χ1v) is 8.02. The molecule has 2 N–H and O–H groups in total. The van der Waals surface area contributed by atoms with Crippen LogP contribution in [0.2, 0.25) is 0 Å². The van der Waals surface area contributed by atoms with E-state index in [1.807, 2.05) is 23.1 Å². The van der Waals surface area contributed by atoms with Gasteiger partial charge in [0, 0.05) is 30.4 Å². The van der Waals surface area contributed by atoms with Crippen molar-refractivity contribution in [1.29, 1.82) is 0 Å². The number of nitrogens with two attached hydrogens (primary N) is 1. The van der Waals surface area contributed by atoms with E-state index in [9.17, 15) is 4.79 Å². The molecule has 1 atom stereocenters.